The molecule has 1 heterocycles. The lowest BCUT2D eigenvalue weighted by molar-refractivity contribution is 0.0605. The summed E-state index contributed by atoms with van der Waals surface area (Å²) in [5.41, 5.74) is 0.579. The van der Waals surface area contributed by atoms with E-state index in [4.69, 9.17) is 0 Å². The van der Waals surface area contributed by atoms with E-state index >= 15 is 0 Å². The van der Waals surface area contributed by atoms with Crippen molar-refractivity contribution in [2.45, 2.75) is 24.3 Å². The van der Waals surface area contributed by atoms with Crippen LogP contribution >= 0.6 is 0 Å². The van der Waals surface area contributed by atoms with Crippen LogP contribution in [0.3, 0.4) is 0 Å². The average molecular weight is 284 g/mol. The number of benzene rings is 1. The number of hydrogen-bond acceptors (Lipinski definition) is 4. The number of sulfonamides is 1. The fraction of sp³-hybridized carbons (Fsp3) is 0.538. The highest BCUT2D eigenvalue weighted by atomic mass is 32.2. The Morgan fingerprint density at radius 1 is 1.37 bits per heavy atom. The Morgan fingerprint density at radius 3 is 2.68 bits per heavy atom. The first-order valence-electron chi connectivity index (χ1n) is 6.42. The van der Waals surface area contributed by atoms with Gasteiger partial charge in [0, 0.05) is 20.1 Å². The van der Waals surface area contributed by atoms with Crippen molar-refractivity contribution in [1.82, 2.24) is 4.31 Å². The lowest BCUT2D eigenvalue weighted by atomic mass is 9.98. The molecule has 6 heteroatoms. The molecule has 0 aromatic heterocycles. The van der Waals surface area contributed by atoms with Gasteiger partial charge in [0.1, 0.15) is 4.90 Å². The maximum Gasteiger partial charge on any atom is 0.245 e. The largest absolute Gasteiger partial charge is 0.391 e. The van der Waals surface area contributed by atoms with Crippen LogP contribution in [0.4, 0.5) is 5.69 Å². The molecular weight excluding hydrogens is 264 g/mol. The van der Waals surface area contributed by atoms with Crippen LogP contribution in [-0.4, -0.2) is 44.1 Å². The third-order valence-electron chi connectivity index (χ3n) is 3.66. The summed E-state index contributed by atoms with van der Waals surface area (Å²) in [7, 11) is -1.85. The van der Waals surface area contributed by atoms with Crippen LogP contribution in [0, 0.1) is 5.92 Å². The highest BCUT2D eigenvalue weighted by Crippen LogP contribution is 2.27. The topological polar surface area (TPSA) is 69.6 Å². The summed E-state index contributed by atoms with van der Waals surface area (Å²) in [4.78, 5) is 0.263. The summed E-state index contributed by atoms with van der Waals surface area (Å²) >= 11 is 0. The molecule has 0 saturated carbocycles. The Balaban J connectivity index is 2.32. The van der Waals surface area contributed by atoms with Crippen molar-refractivity contribution in [1.29, 1.82) is 0 Å². The van der Waals surface area contributed by atoms with Crippen molar-refractivity contribution >= 4 is 15.7 Å². The predicted octanol–water partition coefficient (Wildman–Crippen LogP) is 1.12. The Bertz CT molecular complexity index is 545. The van der Waals surface area contributed by atoms with Crippen molar-refractivity contribution in [3.63, 3.8) is 0 Å². The summed E-state index contributed by atoms with van der Waals surface area (Å²) in [6.07, 6.45) is 0.0903. The van der Waals surface area contributed by atoms with E-state index in [0.717, 1.165) is 0 Å². The normalized spacial score (nSPS) is 25.2. The second-order valence-corrected chi connectivity index (χ2v) is 6.85. The van der Waals surface area contributed by atoms with Gasteiger partial charge in [-0.25, -0.2) is 8.42 Å². The number of aliphatic hydroxyl groups is 1. The van der Waals surface area contributed by atoms with Crippen LogP contribution in [0.2, 0.25) is 0 Å². The maximum absolute atomic E-state index is 12.6. The number of nitrogens with zero attached hydrogens (tertiary/aromatic N) is 1. The van der Waals surface area contributed by atoms with Gasteiger partial charge in [-0.15, -0.1) is 0 Å². The van der Waals surface area contributed by atoms with Crippen molar-refractivity contribution in [2.24, 2.45) is 5.92 Å². The number of aliphatic hydroxyl groups excluding tert-OH is 1. The number of para-hydroxylation sites is 1. The zero-order valence-electron chi connectivity index (χ0n) is 11.2. The molecule has 19 heavy (non-hydrogen) atoms. The van der Waals surface area contributed by atoms with E-state index < -0.39 is 16.1 Å². The molecule has 5 nitrogen and oxygen atoms in total. The molecule has 2 N–H and O–H groups in total. The lowest BCUT2D eigenvalue weighted by Crippen LogP contribution is -2.45. The van der Waals surface area contributed by atoms with E-state index in [2.05, 4.69) is 5.32 Å². The number of piperidine rings is 1. The van der Waals surface area contributed by atoms with E-state index in [1.54, 1.807) is 31.3 Å². The Hall–Kier alpha value is -1.11. The molecule has 1 aromatic carbocycles. The smallest absolute Gasteiger partial charge is 0.245 e. The molecule has 2 rings (SSSR count). The number of rotatable bonds is 3. The van der Waals surface area contributed by atoms with Gasteiger partial charge >= 0.3 is 0 Å². The zero-order valence-corrected chi connectivity index (χ0v) is 12.0. The van der Waals surface area contributed by atoms with E-state index in [1.165, 1.54) is 4.31 Å². The quantitative estimate of drug-likeness (QED) is 0.872. The maximum atomic E-state index is 12.6. The zero-order chi connectivity index (χ0) is 14.0. The minimum absolute atomic E-state index is 0.144. The second kappa shape index (κ2) is 5.48. The van der Waals surface area contributed by atoms with Crippen LogP contribution in [0.5, 0.6) is 0 Å². The first-order valence-corrected chi connectivity index (χ1v) is 7.86. The fourth-order valence-electron chi connectivity index (χ4n) is 2.28. The molecule has 1 aliphatic rings. The SMILES string of the molecule is CNc1ccccc1S(=O)(=O)N1CCC(C)C(O)C1. The van der Waals surface area contributed by atoms with Crippen LogP contribution in [0.1, 0.15) is 13.3 Å². The third-order valence-corrected chi connectivity index (χ3v) is 5.58. The first-order chi connectivity index (χ1) is 8.96. The molecule has 106 valence electrons. The van der Waals surface area contributed by atoms with E-state index in [-0.39, 0.29) is 17.4 Å². The molecule has 0 radical (unpaired) electrons. The van der Waals surface area contributed by atoms with Crippen molar-refractivity contribution in [3.8, 4) is 0 Å². The van der Waals surface area contributed by atoms with Gasteiger partial charge in [0.25, 0.3) is 0 Å². The number of nitrogens with one attached hydrogen (secondary N) is 1. The summed E-state index contributed by atoms with van der Waals surface area (Å²) in [6, 6.07) is 6.82. The highest BCUT2D eigenvalue weighted by Gasteiger charge is 2.33. The van der Waals surface area contributed by atoms with E-state index in [1.807, 2.05) is 6.92 Å². The molecule has 0 amide bonds. The van der Waals surface area contributed by atoms with Crippen LogP contribution in [0.15, 0.2) is 29.2 Å². The first kappa shape index (κ1) is 14.3. The lowest BCUT2D eigenvalue weighted by Gasteiger charge is -2.33. The van der Waals surface area contributed by atoms with Gasteiger partial charge in [0.15, 0.2) is 0 Å². The molecule has 1 fully saturated rings. The molecule has 1 aliphatic heterocycles. The number of anilines is 1. The highest BCUT2D eigenvalue weighted by molar-refractivity contribution is 7.89. The molecule has 0 aliphatic carbocycles. The van der Waals surface area contributed by atoms with Gasteiger partial charge in [0.05, 0.1) is 11.8 Å². The van der Waals surface area contributed by atoms with Gasteiger partial charge < -0.3 is 10.4 Å². The van der Waals surface area contributed by atoms with Crippen molar-refractivity contribution in [2.75, 3.05) is 25.5 Å². The Labute approximate surface area is 114 Å². The molecular formula is C13H20N2O3S. The number of hydrogen-bond donors (Lipinski definition) is 2. The Kier molecular flexibility index (Phi) is 4.13. The van der Waals surface area contributed by atoms with E-state index in [0.29, 0.717) is 18.7 Å². The molecule has 1 saturated heterocycles. The van der Waals surface area contributed by atoms with Crippen molar-refractivity contribution < 1.29 is 13.5 Å². The number of β-amino-alcohol motifs (C(OH)–C–C–N with tert-alkyl or cyclic N) is 1. The van der Waals surface area contributed by atoms with Gasteiger partial charge in [0.2, 0.25) is 10.0 Å². The van der Waals surface area contributed by atoms with Gasteiger partial charge in [-0.2, -0.15) is 4.31 Å². The molecule has 1 aromatic rings. The van der Waals surface area contributed by atoms with E-state index in [9.17, 15) is 13.5 Å². The summed E-state index contributed by atoms with van der Waals surface area (Å²) in [5, 5.41) is 12.8. The summed E-state index contributed by atoms with van der Waals surface area (Å²) in [6.45, 7) is 2.57. The van der Waals surface area contributed by atoms with Crippen LogP contribution in [-0.2, 0) is 10.0 Å². The van der Waals surface area contributed by atoms with Gasteiger partial charge in [-0.1, -0.05) is 19.1 Å². The van der Waals surface area contributed by atoms with Gasteiger partial charge in [-0.05, 0) is 24.5 Å². The third kappa shape index (κ3) is 2.75. The van der Waals surface area contributed by atoms with Gasteiger partial charge in [-0.3, -0.25) is 0 Å². The second-order valence-electron chi connectivity index (χ2n) is 4.94. The molecule has 0 bridgehead atoms. The van der Waals surface area contributed by atoms with Crippen LogP contribution < -0.4 is 5.32 Å². The molecule has 0 spiro atoms. The predicted molar refractivity (Wildman–Crippen MR) is 74.5 cm³/mol. The Morgan fingerprint density at radius 2 is 2.05 bits per heavy atom. The van der Waals surface area contributed by atoms with Crippen molar-refractivity contribution in [3.05, 3.63) is 24.3 Å². The molecule has 2 unspecified atom stereocenters. The fourth-order valence-corrected chi connectivity index (χ4v) is 3.95. The van der Waals surface area contributed by atoms with Crippen LogP contribution in [0.25, 0.3) is 0 Å². The minimum atomic E-state index is -3.55. The minimum Gasteiger partial charge on any atom is -0.391 e. The standard InChI is InChI=1S/C13H20N2O3S/c1-10-7-8-15(9-12(10)16)19(17,18)13-6-4-3-5-11(13)14-2/h3-6,10,12,14,16H,7-9H2,1-2H3. The summed E-state index contributed by atoms with van der Waals surface area (Å²) < 4.78 is 26.6. The molecule has 2 atom stereocenters. The summed E-state index contributed by atoms with van der Waals surface area (Å²) in [5.74, 6) is 0.144. The monoisotopic (exact) mass is 284 g/mol. The average Bonchev–Trinajstić information content (AvgIpc) is 2.41.